The van der Waals surface area contributed by atoms with Crippen LogP contribution in [0.1, 0.15) is 18.5 Å². The number of rotatable bonds is 5. The van der Waals surface area contributed by atoms with Crippen molar-refractivity contribution in [2.24, 2.45) is 0 Å². The normalized spacial score (nSPS) is 12.0. The summed E-state index contributed by atoms with van der Waals surface area (Å²) in [5, 5.41) is 22.8. The molecule has 0 aliphatic rings. The van der Waals surface area contributed by atoms with Crippen LogP contribution in [0.5, 0.6) is 5.75 Å². The molecule has 0 bridgehead atoms. The number of carbonyl (C=O) groups is 2. The van der Waals surface area contributed by atoms with Crippen LogP contribution in [0.3, 0.4) is 0 Å². The van der Waals surface area contributed by atoms with Crippen molar-refractivity contribution in [3.05, 3.63) is 41.6 Å². The van der Waals surface area contributed by atoms with Gasteiger partial charge in [0.15, 0.2) is 0 Å². The van der Waals surface area contributed by atoms with E-state index in [-0.39, 0.29) is 35.3 Å². The van der Waals surface area contributed by atoms with Crippen molar-refractivity contribution in [1.82, 2.24) is 5.32 Å². The number of allylic oxidation sites excluding steroid dienone is 1. The zero-order valence-electron chi connectivity index (χ0n) is 11.5. The number of carbonyl (C=O) groups excluding carboxylic acids is 1. The van der Waals surface area contributed by atoms with Gasteiger partial charge in [0.1, 0.15) is 6.04 Å². The van der Waals surface area contributed by atoms with Crippen molar-refractivity contribution in [3.8, 4) is 5.75 Å². The van der Waals surface area contributed by atoms with Crippen LogP contribution in [0, 0.1) is 0 Å². The van der Waals surface area contributed by atoms with Gasteiger partial charge in [0, 0.05) is 11.8 Å². The van der Waals surface area contributed by atoms with Crippen LogP contribution in [-0.4, -0.2) is 24.2 Å². The van der Waals surface area contributed by atoms with Gasteiger partial charge in [-0.3, -0.25) is 0 Å². The van der Waals surface area contributed by atoms with E-state index in [1.807, 2.05) is 0 Å². The Hall–Kier alpha value is -1.50. The quantitative estimate of drug-likeness (QED) is 0.354. The number of carboxylic acids is 1. The number of methoxy groups -OCH3 is 1. The van der Waals surface area contributed by atoms with Gasteiger partial charge in [-0.15, -0.1) is 5.75 Å². The molecule has 0 spiro atoms. The zero-order chi connectivity index (χ0) is 14.4. The van der Waals surface area contributed by atoms with Crippen molar-refractivity contribution >= 4 is 11.9 Å². The first-order chi connectivity index (χ1) is 8.93. The van der Waals surface area contributed by atoms with E-state index in [1.165, 1.54) is 31.4 Å². The van der Waals surface area contributed by atoms with Crippen molar-refractivity contribution < 1.29 is 54.1 Å². The van der Waals surface area contributed by atoms with E-state index in [1.54, 1.807) is 6.92 Å². The van der Waals surface area contributed by atoms with Gasteiger partial charge in [-0.05, 0) is 12.5 Å². The zero-order valence-corrected chi connectivity index (χ0v) is 13.5. The van der Waals surface area contributed by atoms with Gasteiger partial charge in [0.25, 0.3) is 0 Å². The summed E-state index contributed by atoms with van der Waals surface area (Å²) >= 11 is 0. The topological polar surface area (TPSA) is 98.7 Å². The molecule has 1 rings (SSSR count). The first kappa shape index (κ1) is 18.5. The molecule has 0 radical (unpaired) electrons. The van der Waals surface area contributed by atoms with Gasteiger partial charge in [0.05, 0.1) is 7.11 Å². The monoisotopic (exact) mass is 287 g/mol. The number of carboxylic acid groups (broad SMARTS) is 1. The van der Waals surface area contributed by atoms with Crippen LogP contribution in [0.4, 0.5) is 0 Å². The Morgan fingerprint density at radius 3 is 2.35 bits per heavy atom. The molecule has 6 nitrogen and oxygen atoms in total. The maximum absolute atomic E-state index is 11.2. The first-order valence-electron chi connectivity index (χ1n) is 5.46. The number of aliphatic carboxylic acids is 1. The summed E-state index contributed by atoms with van der Waals surface area (Å²) in [6.45, 7) is 1.55. The van der Waals surface area contributed by atoms with Crippen molar-refractivity contribution in [2.75, 3.05) is 7.11 Å². The van der Waals surface area contributed by atoms with Gasteiger partial charge in [-0.2, -0.15) is 0 Å². The largest absolute Gasteiger partial charge is 1.00 e. The van der Waals surface area contributed by atoms with Gasteiger partial charge in [-0.1, -0.05) is 24.3 Å². The average molecular weight is 287 g/mol. The number of nitrogens with one attached hydrogen (secondary N) is 1. The summed E-state index contributed by atoms with van der Waals surface area (Å²) in [6.07, 6.45) is 1.15. The molecule has 2 N–H and O–H groups in total. The second kappa shape index (κ2) is 8.63. The second-order valence-corrected chi connectivity index (χ2v) is 3.84. The summed E-state index contributed by atoms with van der Waals surface area (Å²) < 4.78 is 4.44. The molecule has 0 fully saturated rings. The van der Waals surface area contributed by atoms with Gasteiger partial charge in [-0.25, -0.2) is 9.59 Å². The summed E-state index contributed by atoms with van der Waals surface area (Å²) in [7, 11) is 1.23. The molecule has 1 atom stereocenters. The molecule has 1 aromatic carbocycles. The Balaban J connectivity index is 0.00000361. The van der Waals surface area contributed by atoms with Gasteiger partial charge >= 0.3 is 41.5 Å². The molecular weight excluding hydrogens is 273 g/mol. The van der Waals surface area contributed by atoms with Gasteiger partial charge in [0.2, 0.25) is 0 Å². The van der Waals surface area contributed by atoms with Crippen LogP contribution >= 0.6 is 0 Å². The summed E-state index contributed by atoms with van der Waals surface area (Å²) in [5.74, 6) is -1.89. The van der Waals surface area contributed by atoms with E-state index in [9.17, 15) is 14.7 Å². The molecule has 0 aliphatic heterocycles. The van der Waals surface area contributed by atoms with Crippen LogP contribution in [-0.2, 0) is 14.3 Å². The fourth-order valence-corrected chi connectivity index (χ4v) is 1.45. The molecule has 20 heavy (non-hydrogen) atoms. The van der Waals surface area contributed by atoms with Crippen molar-refractivity contribution in [3.63, 3.8) is 0 Å². The maximum Gasteiger partial charge on any atom is 1.00 e. The number of hydrogen-bond donors (Lipinski definition) is 2. The molecule has 1 aromatic rings. The summed E-state index contributed by atoms with van der Waals surface area (Å²) in [5.41, 5.74) is 0.773. The Morgan fingerprint density at radius 1 is 1.35 bits per heavy atom. The number of esters is 1. The summed E-state index contributed by atoms with van der Waals surface area (Å²) in [4.78, 5) is 22.2. The molecule has 0 amide bonds. The average Bonchev–Trinajstić information content (AvgIpc) is 2.36. The number of ether oxygens (including phenoxy) is 1. The minimum atomic E-state index is -1.11. The van der Waals surface area contributed by atoms with Gasteiger partial charge < -0.3 is 20.3 Å². The number of benzene rings is 1. The van der Waals surface area contributed by atoms with E-state index in [2.05, 4.69) is 10.1 Å². The third-order valence-corrected chi connectivity index (χ3v) is 2.37. The number of hydrogen-bond acceptors (Lipinski definition) is 5. The predicted molar refractivity (Wildman–Crippen MR) is 65.2 cm³/mol. The predicted octanol–water partition coefficient (Wildman–Crippen LogP) is -2.44. The molecule has 1 unspecified atom stereocenters. The Labute approximate surface area is 138 Å². The van der Waals surface area contributed by atoms with Crippen LogP contribution in [0.15, 0.2) is 36.0 Å². The third kappa shape index (κ3) is 5.64. The van der Waals surface area contributed by atoms with Crippen molar-refractivity contribution in [2.45, 2.75) is 13.0 Å². The SMILES string of the molecule is COC(=O)/C=C(/C)NC(C(=O)O)c1ccc([O-])cc1.[Na+]. The fourth-order valence-electron chi connectivity index (χ4n) is 1.45. The van der Waals surface area contributed by atoms with E-state index in [0.29, 0.717) is 11.3 Å². The molecule has 102 valence electrons. The Morgan fingerprint density at radius 2 is 1.90 bits per heavy atom. The fraction of sp³-hybridized carbons (Fsp3) is 0.231. The van der Waals surface area contributed by atoms with Crippen molar-refractivity contribution in [1.29, 1.82) is 0 Å². The molecule has 0 aliphatic carbocycles. The third-order valence-electron chi connectivity index (χ3n) is 2.37. The van der Waals surface area contributed by atoms with Crippen LogP contribution in [0.2, 0.25) is 0 Å². The molecular formula is C13H14NNaO5. The molecule has 0 saturated carbocycles. The van der Waals surface area contributed by atoms with E-state index < -0.39 is 18.0 Å². The van der Waals surface area contributed by atoms with E-state index in [0.717, 1.165) is 6.08 Å². The molecule has 0 saturated heterocycles. The Bertz CT molecular complexity index is 498. The smallest absolute Gasteiger partial charge is 0.872 e. The standard InChI is InChI=1S/C13H15NO5.Na/c1-8(7-11(16)19-2)14-12(13(17)18)9-3-5-10(15)6-4-9;/h3-7,12,14-15H,1-2H3,(H,17,18);/q;+1/p-1/b8-7-;. The molecule has 0 heterocycles. The van der Waals surface area contributed by atoms with Crippen LogP contribution < -0.4 is 40.0 Å². The van der Waals surface area contributed by atoms with E-state index >= 15 is 0 Å². The molecule has 7 heteroatoms. The second-order valence-electron chi connectivity index (χ2n) is 3.84. The van der Waals surface area contributed by atoms with E-state index in [4.69, 9.17) is 5.11 Å². The first-order valence-corrected chi connectivity index (χ1v) is 5.46. The van der Waals surface area contributed by atoms with Crippen LogP contribution in [0.25, 0.3) is 0 Å². The summed E-state index contributed by atoms with van der Waals surface area (Å²) in [6, 6.07) is 4.39. The Kier molecular flexibility index (Phi) is 7.98. The molecule has 0 aromatic heterocycles. The minimum Gasteiger partial charge on any atom is -0.872 e. The minimum absolute atomic E-state index is 0. The maximum atomic E-state index is 11.2.